The van der Waals surface area contributed by atoms with Crippen molar-refractivity contribution in [3.63, 3.8) is 0 Å². The van der Waals surface area contributed by atoms with Gasteiger partial charge >= 0.3 is 12.4 Å². The van der Waals surface area contributed by atoms with Crippen LogP contribution in [0.5, 0.6) is 5.75 Å². The molecule has 1 aliphatic rings. The van der Waals surface area contributed by atoms with Crippen LogP contribution in [0.2, 0.25) is 9.49 Å². The Labute approximate surface area is 230 Å². The summed E-state index contributed by atoms with van der Waals surface area (Å²) in [5.74, 6) is -0.329. The zero-order valence-corrected chi connectivity index (χ0v) is 22.1. The lowest BCUT2D eigenvalue weighted by Crippen LogP contribution is -2.34. The van der Waals surface area contributed by atoms with Gasteiger partial charge in [0.15, 0.2) is 4.47 Å². The van der Waals surface area contributed by atoms with Gasteiger partial charge in [0, 0.05) is 53.2 Å². The minimum absolute atomic E-state index is 0.231. The van der Waals surface area contributed by atoms with Crippen LogP contribution in [0.3, 0.4) is 0 Å². The van der Waals surface area contributed by atoms with Crippen molar-refractivity contribution in [2.45, 2.75) is 25.9 Å². The number of fused-ring (bicyclic) bond motifs is 3. The van der Waals surface area contributed by atoms with Crippen molar-refractivity contribution in [2.24, 2.45) is 0 Å². The number of alkyl halides is 3. The Morgan fingerprint density at radius 3 is 2.68 bits per heavy atom. The lowest BCUT2D eigenvalue weighted by atomic mass is 10.0. The molecule has 198 valence electrons. The Morgan fingerprint density at radius 2 is 1.97 bits per heavy atom. The van der Waals surface area contributed by atoms with E-state index in [4.69, 9.17) is 23.2 Å². The fourth-order valence-electron chi connectivity index (χ4n) is 4.50. The third-order valence-corrected chi connectivity index (χ3v) is 7.49. The Bertz CT molecular complexity index is 1500. The first-order valence-electron chi connectivity index (χ1n) is 11.6. The first-order chi connectivity index (χ1) is 18.2. The fraction of sp³-hybridized carbons (Fsp3) is 0.231. The molecular weight excluding hydrogens is 560 g/mol. The van der Waals surface area contributed by atoms with Gasteiger partial charge < -0.3 is 10.1 Å². The van der Waals surface area contributed by atoms with Crippen LogP contribution < -0.4 is 10.1 Å². The summed E-state index contributed by atoms with van der Waals surface area (Å²) in [6.07, 6.45) is 1.34. The van der Waals surface area contributed by atoms with E-state index in [0.717, 1.165) is 21.7 Å². The van der Waals surface area contributed by atoms with E-state index in [1.54, 1.807) is 10.8 Å². The van der Waals surface area contributed by atoms with Crippen LogP contribution in [-0.4, -0.2) is 39.9 Å². The minimum Gasteiger partial charge on any atom is -0.406 e. The number of thiazole rings is 1. The summed E-state index contributed by atoms with van der Waals surface area (Å²) in [4.78, 5) is 20.2. The number of amides is 1. The van der Waals surface area contributed by atoms with Crippen LogP contribution in [0.15, 0.2) is 54.7 Å². The average molecular weight is 581 g/mol. The fourth-order valence-corrected chi connectivity index (χ4v) is 5.54. The molecule has 5 rings (SSSR count). The van der Waals surface area contributed by atoms with Crippen LogP contribution in [0, 0.1) is 0 Å². The molecule has 0 atom stereocenters. The first-order valence-corrected chi connectivity index (χ1v) is 13.2. The topological polar surface area (TPSA) is 59.4 Å². The van der Waals surface area contributed by atoms with E-state index < -0.39 is 6.36 Å². The number of carbonyl (C=O) groups excluding carboxylic acids is 1. The standard InChI is InChI=1S/C26H21Cl2F3N4O2S/c27-17-5-3-16(4-6-17)2-1-10-34-11-9-23-21(15-34)20-12-18(37-26(29,30)31)7-8-22(20)35(23)25(36)33-14-19-13-32-24(28)38-19/h1-8,12-13H,9-11,14-15H2,(H,33,36)/b2-1+. The monoisotopic (exact) mass is 580 g/mol. The zero-order valence-electron chi connectivity index (χ0n) is 19.8. The van der Waals surface area contributed by atoms with Gasteiger partial charge in [-0.3, -0.25) is 9.47 Å². The largest absolute Gasteiger partial charge is 0.573 e. The molecule has 6 nitrogen and oxygen atoms in total. The number of hydrogen-bond donors (Lipinski definition) is 1. The van der Waals surface area contributed by atoms with Crippen molar-refractivity contribution in [3.8, 4) is 5.75 Å². The van der Waals surface area contributed by atoms with Gasteiger partial charge in [0.05, 0.1) is 12.1 Å². The quantitative estimate of drug-likeness (QED) is 0.263. The third-order valence-electron chi connectivity index (χ3n) is 6.12. The number of halogens is 5. The summed E-state index contributed by atoms with van der Waals surface area (Å²) in [6.45, 7) is 2.01. The molecule has 2 aromatic carbocycles. The zero-order chi connectivity index (χ0) is 26.9. The molecule has 0 saturated carbocycles. The molecule has 2 aromatic heterocycles. The van der Waals surface area contributed by atoms with Crippen molar-refractivity contribution >= 4 is 57.5 Å². The average Bonchev–Trinajstić information content (AvgIpc) is 3.43. The number of hydrogen-bond acceptors (Lipinski definition) is 5. The molecule has 3 heterocycles. The highest BCUT2D eigenvalue weighted by Gasteiger charge is 2.32. The van der Waals surface area contributed by atoms with Crippen LogP contribution in [0.1, 0.15) is 21.7 Å². The molecule has 0 radical (unpaired) electrons. The Morgan fingerprint density at radius 1 is 1.18 bits per heavy atom. The Kier molecular flexibility index (Phi) is 7.67. The van der Waals surface area contributed by atoms with E-state index in [9.17, 15) is 18.0 Å². The summed E-state index contributed by atoms with van der Waals surface area (Å²) >= 11 is 13.1. The van der Waals surface area contributed by atoms with Crippen LogP contribution in [0.25, 0.3) is 17.0 Å². The summed E-state index contributed by atoms with van der Waals surface area (Å²) in [5, 5.41) is 4.08. The molecule has 4 aromatic rings. The van der Waals surface area contributed by atoms with Crippen LogP contribution in [-0.2, 0) is 19.5 Å². The highest BCUT2D eigenvalue weighted by molar-refractivity contribution is 7.15. The molecule has 0 saturated heterocycles. The predicted octanol–water partition coefficient (Wildman–Crippen LogP) is 7.13. The number of benzene rings is 2. The maximum atomic E-state index is 13.3. The second kappa shape index (κ2) is 11.0. The minimum atomic E-state index is -4.82. The first kappa shape index (κ1) is 26.6. The molecule has 1 N–H and O–H groups in total. The van der Waals surface area contributed by atoms with Gasteiger partial charge in [-0.15, -0.1) is 24.5 Å². The molecule has 1 amide bonds. The van der Waals surface area contributed by atoms with E-state index in [1.165, 1.54) is 29.5 Å². The lowest BCUT2D eigenvalue weighted by Gasteiger charge is -2.27. The smallest absolute Gasteiger partial charge is 0.406 e. The Balaban J connectivity index is 1.42. The molecule has 0 aliphatic carbocycles. The van der Waals surface area contributed by atoms with E-state index in [0.29, 0.717) is 46.4 Å². The van der Waals surface area contributed by atoms with Gasteiger partial charge in [0.2, 0.25) is 0 Å². The number of rotatable bonds is 6. The number of ether oxygens (including phenoxy) is 1. The molecule has 0 spiro atoms. The van der Waals surface area contributed by atoms with E-state index in [2.05, 4.69) is 19.9 Å². The maximum Gasteiger partial charge on any atom is 0.573 e. The summed E-state index contributed by atoms with van der Waals surface area (Å²) in [6, 6.07) is 11.2. The SMILES string of the molecule is O=C(NCc1cnc(Cl)s1)n1c2c(c3cc(OC(F)(F)F)ccc31)CN(C/C=C/c1ccc(Cl)cc1)CC2. The Hall–Kier alpha value is -3.05. The lowest BCUT2D eigenvalue weighted by molar-refractivity contribution is -0.274. The summed E-state index contributed by atoms with van der Waals surface area (Å²) in [7, 11) is 0. The predicted molar refractivity (Wildman–Crippen MR) is 143 cm³/mol. The van der Waals surface area contributed by atoms with Gasteiger partial charge in [0.25, 0.3) is 0 Å². The molecule has 1 aliphatic heterocycles. The van der Waals surface area contributed by atoms with Crippen LogP contribution in [0.4, 0.5) is 18.0 Å². The van der Waals surface area contributed by atoms with E-state index in [1.807, 2.05) is 36.4 Å². The van der Waals surface area contributed by atoms with Crippen molar-refractivity contribution in [2.75, 3.05) is 13.1 Å². The molecular formula is C26H21Cl2F3N4O2S. The summed E-state index contributed by atoms with van der Waals surface area (Å²) in [5.41, 5.74) is 3.09. The van der Waals surface area contributed by atoms with E-state index >= 15 is 0 Å². The maximum absolute atomic E-state index is 13.3. The van der Waals surface area contributed by atoms with Crippen LogP contribution >= 0.6 is 34.5 Å². The van der Waals surface area contributed by atoms with Crippen molar-refractivity contribution in [1.29, 1.82) is 0 Å². The van der Waals surface area contributed by atoms with Crippen molar-refractivity contribution in [3.05, 3.63) is 85.9 Å². The van der Waals surface area contributed by atoms with Crippen molar-refractivity contribution in [1.82, 2.24) is 19.8 Å². The summed E-state index contributed by atoms with van der Waals surface area (Å²) < 4.78 is 44.8. The molecule has 0 fully saturated rings. The normalized spacial score (nSPS) is 14.2. The molecule has 0 unspecified atom stereocenters. The number of nitrogens with zero attached hydrogens (tertiary/aromatic N) is 3. The molecule has 12 heteroatoms. The van der Waals surface area contributed by atoms with Gasteiger partial charge in [-0.25, -0.2) is 9.78 Å². The van der Waals surface area contributed by atoms with Gasteiger partial charge in [-0.05, 0) is 41.5 Å². The number of aromatic nitrogens is 2. The highest BCUT2D eigenvalue weighted by atomic mass is 35.5. The van der Waals surface area contributed by atoms with Crippen molar-refractivity contribution < 1.29 is 22.7 Å². The third kappa shape index (κ3) is 6.15. The van der Waals surface area contributed by atoms with Gasteiger partial charge in [-0.2, -0.15) is 0 Å². The highest BCUT2D eigenvalue weighted by Crippen LogP contribution is 2.35. The van der Waals surface area contributed by atoms with E-state index in [-0.39, 0.29) is 18.3 Å². The number of carbonyl (C=O) groups is 1. The molecule has 38 heavy (non-hydrogen) atoms. The molecule has 0 bridgehead atoms. The second-order valence-corrected chi connectivity index (χ2v) is 10.8. The number of nitrogens with one attached hydrogen (secondary N) is 1. The van der Waals surface area contributed by atoms with Gasteiger partial charge in [-0.1, -0.05) is 47.5 Å². The second-order valence-electron chi connectivity index (χ2n) is 8.66. The van der Waals surface area contributed by atoms with Gasteiger partial charge in [0.1, 0.15) is 5.75 Å².